The maximum atomic E-state index is 13.1. The molecule has 0 spiro atoms. The minimum atomic E-state index is -3.98. The summed E-state index contributed by atoms with van der Waals surface area (Å²) in [6.07, 6.45) is 3.95. The normalized spacial score (nSPS) is 11.4. The van der Waals surface area contributed by atoms with E-state index in [0.717, 1.165) is 24.4 Å². The van der Waals surface area contributed by atoms with Crippen LogP contribution in [0.15, 0.2) is 59.9 Å². The van der Waals surface area contributed by atoms with Crippen LogP contribution >= 0.6 is 0 Å². The van der Waals surface area contributed by atoms with E-state index in [1.54, 1.807) is 24.4 Å². The number of halogens is 2. The summed E-state index contributed by atoms with van der Waals surface area (Å²) >= 11 is 0. The molecule has 1 N–H and O–H groups in total. The minimum Gasteiger partial charge on any atom is -0.279 e. The molecular weight excluding hydrogens is 326 g/mol. The van der Waals surface area contributed by atoms with E-state index in [0.29, 0.717) is 5.82 Å². The molecule has 3 rings (SSSR count). The Labute approximate surface area is 130 Å². The largest absolute Gasteiger partial charge is 0.279 e. The lowest BCUT2D eigenvalue weighted by atomic mass is 10.3. The number of hydrogen-bond donors (Lipinski definition) is 1. The zero-order valence-electron chi connectivity index (χ0n) is 11.5. The van der Waals surface area contributed by atoms with Crippen molar-refractivity contribution in [2.24, 2.45) is 0 Å². The van der Waals surface area contributed by atoms with Crippen molar-refractivity contribution in [3.05, 3.63) is 66.6 Å². The Hall–Kier alpha value is -2.81. The van der Waals surface area contributed by atoms with Crippen LogP contribution in [0.2, 0.25) is 0 Å². The van der Waals surface area contributed by atoms with E-state index in [2.05, 4.69) is 14.8 Å². The van der Waals surface area contributed by atoms with E-state index >= 15 is 0 Å². The molecule has 1 aromatic carbocycles. The van der Waals surface area contributed by atoms with E-state index in [1.165, 1.54) is 10.9 Å². The molecule has 9 heteroatoms. The molecule has 0 bridgehead atoms. The third kappa shape index (κ3) is 3.19. The van der Waals surface area contributed by atoms with E-state index in [1.807, 2.05) is 0 Å². The summed E-state index contributed by atoms with van der Waals surface area (Å²) < 4.78 is 54.0. The number of sulfonamides is 1. The lowest BCUT2D eigenvalue weighted by Crippen LogP contribution is -2.12. The fourth-order valence-corrected chi connectivity index (χ4v) is 2.81. The van der Waals surface area contributed by atoms with Crippen molar-refractivity contribution in [1.29, 1.82) is 0 Å². The van der Waals surface area contributed by atoms with Gasteiger partial charge in [-0.2, -0.15) is 5.10 Å². The molecule has 0 radical (unpaired) electrons. The Balaban J connectivity index is 1.88. The third-order valence-electron chi connectivity index (χ3n) is 2.93. The number of anilines is 1. The maximum Gasteiger partial charge on any atom is 0.265 e. The van der Waals surface area contributed by atoms with Gasteiger partial charge in [0.05, 0.1) is 18.1 Å². The predicted molar refractivity (Wildman–Crippen MR) is 78.5 cm³/mol. The average Bonchev–Trinajstić information content (AvgIpc) is 3.02. The lowest BCUT2D eigenvalue weighted by Gasteiger charge is -2.06. The van der Waals surface area contributed by atoms with Crippen molar-refractivity contribution in [2.75, 3.05) is 4.72 Å². The molecule has 3 aromatic rings. The van der Waals surface area contributed by atoms with Gasteiger partial charge in [-0.05, 0) is 24.3 Å². The molecule has 0 atom stereocenters. The highest BCUT2D eigenvalue weighted by Crippen LogP contribution is 2.18. The molecule has 0 aliphatic rings. The zero-order valence-corrected chi connectivity index (χ0v) is 12.3. The molecule has 2 heterocycles. The molecule has 6 nitrogen and oxygen atoms in total. The van der Waals surface area contributed by atoms with Gasteiger partial charge in [0.15, 0.2) is 17.5 Å². The molecular formula is C14H10F2N4O2S. The summed E-state index contributed by atoms with van der Waals surface area (Å²) in [5.74, 6) is -1.76. The maximum absolute atomic E-state index is 13.1. The third-order valence-corrected chi connectivity index (χ3v) is 4.26. The smallest absolute Gasteiger partial charge is 0.265 e. The van der Waals surface area contributed by atoms with Crippen LogP contribution in [0.3, 0.4) is 0 Å². The summed E-state index contributed by atoms with van der Waals surface area (Å²) in [6, 6.07) is 7.83. The summed E-state index contributed by atoms with van der Waals surface area (Å²) in [6.45, 7) is 0. The molecule has 0 amide bonds. The molecule has 2 aromatic heterocycles. The fourth-order valence-electron chi connectivity index (χ4n) is 1.83. The van der Waals surface area contributed by atoms with Crippen LogP contribution in [0.4, 0.5) is 14.5 Å². The van der Waals surface area contributed by atoms with Gasteiger partial charge in [-0.25, -0.2) is 26.9 Å². The van der Waals surface area contributed by atoms with Crippen LogP contribution < -0.4 is 4.72 Å². The summed E-state index contributed by atoms with van der Waals surface area (Å²) in [5, 5.41) is 3.93. The molecule has 0 aliphatic carbocycles. The predicted octanol–water partition coefficient (Wildman–Crippen LogP) is 2.35. The highest BCUT2D eigenvalue weighted by atomic mass is 32.2. The van der Waals surface area contributed by atoms with Crippen LogP contribution in [0.1, 0.15) is 0 Å². The standard InChI is InChI=1S/C14H10F2N4O2S/c15-12-5-4-10(7-13(12)16)19-23(21,22)11-8-18-20(9-11)14-3-1-2-6-17-14/h1-9,19H. The van der Waals surface area contributed by atoms with Gasteiger partial charge in [0.2, 0.25) is 0 Å². The molecule has 0 fully saturated rings. The van der Waals surface area contributed by atoms with E-state index in [4.69, 9.17) is 0 Å². The number of nitrogens with one attached hydrogen (secondary N) is 1. The van der Waals surface area contributed by atoms with E-state index < -0.39 is 21.7 Å². The van der Waals surface area contributed by atoms with Gasteiger partial charge in [-0.3, -0.25) is 4.72 Å². The van der Waals surface area contributed by atoms with Gasteiger partial charge >= 0.3 is 0 Å². The number of benzene rings is 1. The van der Waals surface area contributed by atoms with Gasteiger partial charge < -0.3 is 0 Å². The van der Waals surface area contributed by atoms with Crippen LogP contribution in [0, 0.1) is 11.6 Å². The summed E-state index contributed by atoms with van der Waals surface area (Å²) in [4.78, 5) is 3.91. The SMILES string of the molecule is O=S(=O)(Nc1ccc(F)c(F)c1)c1cnn(-c2ccccn2)c1. The van der Waals surface area contributed by atoms with Crippen molar-refractivity contribution in [3.63, 3.8) is 0 Å². The number of rotatable bonds is 4. The summed E-state index contributed by atoms with van der Waals surface area (Å²) in [7, 11) is -3.98. The highest BCUT2D eigenvalue weighted by molar-refractivity contribution is 7.92. The second-order valence-electron chi connectivity index (χ2n) is 4.54. The Morgan fingerprint density at radius 3 is 2.61 bits per heavy atom. The topological polar surface area (TPSA) is 76.9 Å². The van der Waals surface area contributed by atoms with Crippen molar-refractivity contribution < 1.29 is 17.2 Å². The first-order valence-corrected chi connectivity index (χ1v) is 7.88. The first-order valence-electron chi connectivity index (χ1n) is 6.40. The van der Waals surface area contributed by atoms with Gasteiger partial charge in [0.1, 0.15) is 4.90 Å². The second kappa shape index (κ2) is 5.76. The number of hydrogen-bond acceptors (Lipinski definition) is 4. The lowest BCUT2D eigenvalue weighted by molar-refractivity contribution is 0.509. The number of nitrogens with zero attached hydrogens (tertiary/aromatic N) is 3. The minimum absolute atomic E-state index is 0.0884. The van der Waals surface area contributed by atoms with Crippen LogP contribution in [-0.4, -0.2) is 23.2 Å². The molecule has 0 aliphatic heterocycles. The number of pyridine rings is 1. The molecule has 0 saturated carbocycles. The Kier molecular flexibility index (Phi) is 3.78. The van der Waals surface area contributed by atoms with Gasteiger partial charge in [0.25, 0.3) is 10.0 Å². The zero-order chi connectivity index (χ0) is 16.4. The van der Waals surface area contributed by atoms with Gasteiger partial charge in [0, 0.05) is 12.3 Å². The van der Waals surface area contributed by atoms with Crippen LogP contribution in [-0.2, 0) is 10.0 Å². The van der Waals surface area contributed by atoms with Gasteiger partial charge in [-0.15, -0.1) is 0 Å². The average molecular weight is 336 g/mol. The molecule has 0 saturated heterocycles. The molecule has 23 heavy (non-hydrogen) atoms. The van der Waals surface area contributed by atoms with Crippen molar-refractivity contribution in [2.45, 2.75) is 4.90 Å². The fraction of sp³-hybridized carbons (Fsp3) is 0. The molecule has 0 unspecified atom stereocenters. The first-order chi connectivity index (χ1) is 11.0. The Bertz CT molecular complexity index is 942. The second-order valence-corrected chi connectivity index (χ2v) is 6.23. The van der Waals surface area contributed by atoms with E-state index in [9.17, 15) is 17.2 Å². The van der Waals surface area contributed by atoms with Crippen molar-refractivity contribution >= 4 is 15.7 Å². The van der Waals surface area contributed by atoms with Crippen LogP contribution in [0.25, 0.3) is 5.82 Å². The monoisotopic (exact) mass is 336 g/mol. The highest BCUT2D eigenvalue weighted by Gasteiger charge is 2.18. The van der Waals surface area contributed by atoms with E-state index in [-0.39, 0.29) is 10.6 Å². The number of aromatic nitrogens is 3. The van der Waals surface area contributed by atoms with Crippen molar-refractivity contribution in [3.8, 4) is 5.82 Å². The quantitative estimate of drug-likeness (QED) is 0.793. The van der Waals surface area contributed by atoms with Gasteiger partial charge in [-0.1, -0.05) is 6.07 Å². The summed E-state index contributed by atoms with van der Waals surface area (Å²) in [5.41, 5.74) is -0.0884. The Morgan fingerprint density at radius 1 is 1.09 bits per heavy atom. The Morgan fingerprint density at radius 2 is 1.91 bits per heavy atom. The first kappa shape index (κ1) is 15.1. The molecule has 118 valence electrons. The van der Waals surface area contributed by atoms with Crippen molar-refractivity contribution in [1.82, 2.24) is 14.8 Å². The van der Waals surface area contributed by atoms with Crippen LogP contribution in [0.5, 0.6) is 0 Å².